The maximum absolute atomic E-state index is 12.0. The Hall–Kier alpha value is -1.55. The number of amides is 1. The summed E-state index contributed by atoms with van der Waals surface area (Å²) in [7, 11) is 0. The number of nitrogens with one attached hydrogen (secondary N) is 1. The van der Waals surface area contributed by atoms with Crippen LogP contribution in [0.5, 0.6) is 0 Å². The number of alkyl carbamates (subject to hydrolysis) is 1. The molecule has 0 heterocycles. The van der Waals surface area contributed by atoms with E-state index < -0.39 is 11.7 Å². The van der Waals surface area contributed by atoms with Crippen molar-refractivity contribution < 1.29 is 14.3 Å². The van der Waals surface area contributed by atoms with Gasteiger partial charge in [-0.2, -0.15) is 0 Å². The molecule has 1 aliphatic carbocycles. The molecule has 0 spiro atoms. The molecular formula is C16H23NO3. The standard InChI is InChI=1S/C16H23NO3/c1-5-19-13-10-11-8-6-7-9-12(11)14(13)17-15(18)20-16(2,3)4/h6-9,13-14H,5,10H2,1-4H3,(H,17,18)/t13-,14?/m1/s1. The summed E-state index contributed by atoms with van der Waals surface area (Å²) >= 11 is 0. The zero-order chi connectivity index (χ0) is 14.8. The molecular weight excluding hydrogens is 254 g/mol. The van der Waals surface area contributed by atoms with Crippen LogP contribution in [0.3, 0.4) is 0 Å². The van der Waals surface area contributed by atoms with Crippen LogP contribution in [0.4, 0.5) is 4.79 Å². The third-order valence-corrected chi connectivity index (χ3v) is 3.24. The maximum Gasteiger partial charge on any atom is 0.408 e. The highest BCUT2D eigenvalue weighted by atomic mass is 16.6. The van der Waals surface area contributed by atoms with Crippen molar-refractivity contribution >= 4 is 6.09 Å². The molecule has 1 N–H and O–H groups in total. The number of hydrogen-bond acceptors (Lipinski definition) is 3. The Morgan fingerprint density at radius 1 is 1.35 bits per heavy atom. The number of benzene rings is 1. The second kappa shape index (κ2) is 5.83. The summed E-state index contributed by atoms with van der Waals surface area (Å²) in [6, 6.07) is 7.98. The van der Waals surface area contributed by atoms with Crippen LogP contribution in [0.25, 0.3) is 0 Å². The van der Waals surface area contributed by atoms with Crippen molar-refractivity contribution in [2.24, 2.45) is 0 Å². The third-order valence-electron chi connectivity index (χ3n) is 3.24. The molecule has 1 aromatic rings. The summed E-state index contributed by atoms with van der Waals surface area (Å²) in [6.07, 6.45) is 0.402. The van der Waals surface area contributed by atoms with Crippen LogP contribution in [-0.4, -0.2) is 24.4 Å². The highest BCUT2D eigenvalue weighted by molar-refractivity contribution is 5.69. The molecule has 1 aromatic carbocycles. The van der Waals surface area contributed by atoms with Crippen LogP contribution < -0.4 is 5.32 Å². The lowest BCUT2D eigenvalue weighted by Crippen LogP contribution is -2.39. The van der Waals surface area contributed by atoms with Gasteiger partial charge in [-0.15, -0.1) is 0 Å². The van der Waals surface area contributed by atoms with E-state index in [9.17, 15) is 4.79 Å². The van der Waals surface area contributed by atoms with Gasteiger partial charge in [0.15, 0.2) is 0 Å². The van der Waals surface area contributed by atoms with Crippen LogP contribution in [0.1, 0.15) is 44.9 Å². The molecule has 0 fully saturated rings. The molecule has 20 heavy (non-hydrogen) atoms. The van der Waals surface area contributed by atoms with E-state index in [1.807, 2.05) is 45.9 Å². The van der Waals surface area contributed by atoms with Crippen molar-refractivity contribution in [2.45, 2.75) is 51.9 Å². The van der Waals surface area contributed by atoms with Crippen molar-refractivity contribution in [3.8, 4) is 0 Å². The molecule has 4 nitrogen and oxygen atoms in total. The molecule has 0 aromatic heterocycles. The van der Waals surface area contributed by atoms with Gasteiger partial charge >= 0.3 is 6.09 Å². The summed E-state index contributed by atoms with van der Waals surface area (Å²) in [5, 5.41) is 2.94. The van der Waals surface area contributed by atoms with E-state index in [0.717, 1.165) is 12.0 Å². The Balaban J connectivity index is 2.12. The van der Waals surface area contributed by atoms with Crippen molar-refractivity contribution in [2.75, 3.05) is 6.61 Å². The van der Waals surface area contributed by atoms with Gasteiger partial charge in [0, 0.05) is 13.0 Å². The Kier molecular flexibility index (Phi) is 4.33. The lowest BCUT2D eigenvalue weighted by Gasteiger charge is -2.25. The van der Waals surface area contributed by atoms with Crippen LogP contribution in [0, 0.1) is 0 Å². The number of ether oxygens (including phenoxy) is 2. The third kappa shape index (κ3) is 3.51. The lowest BCUT2D eigenvalue weighted by atomic mass is 10.1. The monoisotopic (exact) mass is 277 g/mol. The summed E-state index contributed by atoms with van der Waals surface area (Å²) in [6.45, 7) is 8.16. The minimum Gasteiger partial charge on any atom is -0.444 e. The Morgan fingerprint density at radius 2 is 2.05 bits per heavy atom. The molecule has 2 rings (SSSR count). The SMILES string of the molecule is CCO[C@@H]1Cc2ccccc2C1NC(=O)OC(C)(C)C. The van der Waals surface area contributed by atoms with Crippen LogP contribution >= 0.6 is 0 Å². The minimum absolute atomic E-state index is 0.0232. The fraction of sp³-hybridized carbons (Fsp3) is 0.562. The molecule has 0 bridgehead atoms. The highest BCUT2D eigenvalue weighted by Crippen LogP contribution is 2.33. The maximum atomic E-state index is 12.0. The van der Waals surface area contributed by atoms with Crippen LogP contribution in [-0.2, 0) is 15.9 Å². The molecule has 4 heteroatoms. The lowest BCUT2D eigenvalue weighted by molar-refractivity contribution is 0.0245. The van der Waals surface area contributed by atoms with Gasteiger partial charge in [-0.3, -0.25) is 0 Å². The normalized spacial score (nSPS) is 21.4. The van der Waals surface area contributed by atoms with E-state index in [-0.39, 0.29) is 12.1 Å². The van der Waals surface area contributed by atoms with Crippen LogP contribution in [0.15, 0.2) is 24.3 Å². The average molecular weight is 277 g/mol. The predicted molar refractivity (Wildman–Crippen MR) is 77.7 cm³/mol. The Labute approximate surface area is 120 Å². The van der Waals surface area contributed by atoms with Gasteiger partial charge < -0.3 is 14.8 Å². The van der Waals surface area contributed by atoms with Crippen molar-refractivity contribution in [1.82, 2.24) is 5.32 Å². The van der Waals surface area contributed by atoms with E-state index in [2.05, 4.69) is 11.4 Å². The Morgan fingerprint density at radius 3 is 2.70 bits per heavy atom. The molecule has 0 radical (unpaired) electrons. The first-order valence-corrected chi connectivity index (χ1v) is 7.09. The van der Waals surface area contributed by atoms with Crippen molar-refractivity contribution in [1.29, 1.82) is 0 Å². The number of carbonyl (C=O) groups is 1. The number of fused-ring (bicyclic) bond motifs is 1. The van der Waals surface area contributed by atoms with Crippen molar-refractivity contribution in [3.63, 3.8) is 0 Å². The van der Waals surface area contributed by atoms with Gasteiger partial charge in [-0.1, -0.05) is 24.3 Å². The molecule has 110 valence electrons. The summed E-state index contributed by atoms with van der Waals surface area (Å²) in [5.74, 6) is 0. The van der Waals surface area contributed by atoms with Gasteiger partial charge in [0.2, 0.25) is 0 Å². The largest absolute Gasteiger partial charge is 0.444 e. The second-order valence-corrected chi connectivity index (χ2v) is 6.02. The molecule has 0 saturated carbocycles. The molecule has 2 atom stereocenters. The Bertz CT molecular complexity index is 479. The van der Waals surface area contributed by atoms with Gasteiger partial charge in [0.1, 0.15) is 5.60 Å². The van der Waals surface area contributed by atoms with E-state index >= 15 is 0 Å². The first-order valence-electron chi connectivity index (χ1n) is 7.09. The zero-order valence-electron chi connectivity index (χ0n) is 12.6. The highest BCUT2D eigenvalue weighted by Gasteiger charge is 2.34. The first kappa shape index (κ1) is 14.9. The van der Waals surface area contributed by atoms with Gasteiger partial charge in [-0.05, 0) is 38.8 Å². The first-order chi connectivity index (χ1) is 9.40. The van der Waals surface area contributed by atoms with E-state index in [0.29, 0.717) is 6.61 Å². The van der Waals surface area contributed by atoms with E-state index in [1.165, 1.54) is 5.56 Å². The van der Waals surface area contributed by atoms with Crippen LogP contribution in [0.2, 0.25) is 0 Å². The average Bonchev–Trinajstić information content (AvgIpc) is 2.66. The van der Waals surface area contributed by atoms with Crippen molar-refractivity contribution in [3.05, 3.63) is 35.4 Å². The quantitative estimate of drug-likeness (QED) is 0.923. The number of carbonyl (C=O) groups excluding carboxylic acids is 1. The zero-order valence-corrected chi connectivity index (χ0v) is 12.6. The topological polar surface area (TPSA) is 47.6 Å². The van der Waals surface area contributed by atoms with Gasteiger partial charge in [0.25, 0.3) is 0 Å². The molecule has 0 saturated heterocycles. The number of rotatable bonds is 3. The predicted octanol–water partition coefficient (Wildman–Crippen LogP) is 3.21. The smallest absolute Gasteiger partial charge is 0.408 e. The fourth-order valence-corrected chi connectivity index (χ4v) is 2.53. The summed E-state index contributed by atoms with van der Waals surface area (Å²) < 4.78 is 11.1. The van der Waals surface area contributed by atoms with Gasteiger partial charge in [-0.25, -0.2) is 4.79 Å². The van der Waals surface area contributed by atoms with E-state index in [1.54, 1.807) is 0 Å². The minimum atomic E-state index is -0.497. The molecule has 0 aliphatic heterocycles. The van der Waals surface area contributed by atoms with E-state index in [4.69, 9.17) is 9.47 Å². The molecule has 1 unspecified atom stereocenters. The number of hydrogen-bond donors (Lipinski definition) is 1. The second-order valence-electron chi connectivity index (χ2n) is 6.02. The summed E-state index contributed by atoms with van der Waals surface area (Å²) in [4.78, 5) is 12.0. The molecule has 1 amide bonds. The molecule has 1 aliphatic rings. The summed E-state index contributed by atoms with van der Waals surface area (Å²) in [5.41, 5.74) is 1.85. The fourth-order valence-electron chi connectivity index (χ4n) is 2.53. The van der Waals surface area contributed by atoms with Gasteiger partial charge in [0.05, 0.1) is 12.1 Å².